The number of hydrogen-bond acceptors (Lipinski definition) is 2. The number of Topliss-reactive ketones (excluding diaryl/α,β-unsaturated/α-hetero) is 1. The van der Waals surface area contributed by atoms with Crippen molar-refractivity contribution >= 4 is 11.5 Å². The fourth-order valence-electron chi connectivity index (χ4n) is 4.27. The van der Waals surface area contributed by atoms with E-state index in [0.29, 0.717) is 12.2 Å². The van der Waals surface area contributed by atoms with Gasteiger partial charge in [-0.1, -0.05) is 52.2 Å². The number of benzene rings is 1. The lowest BCUT2D eigenvalue weighted by molar-refractivity contribution is -0.122. The molecule has 1 aliphatic carbocycles. The SMILES string of the molecule is CC1(C)Cc2ccc(C(C)(C)C)cc2C(CC(=O)C2CCCCC2)=N1. The van der Waals surface area contributed by atoms with Crippen LogP contribution in [0.25, 0.3) is 0 Å². The van der Waals surface area contributed by atoms with Crippen LogP contribution in [0.2, 0.25) is 0 Å². The molecular weight excluding hydrogens is 306 g/mol. The molecule has 1 aromatic rings. The highest BCUT2D eigenvalue weighted by molar-refractivity contribution is 6.13. The normalized spacial score (nSPS) is 20.8. The van der Waals surface area contributed by atoms with Gasteiger partial charge in [-0.25, -0.2) is 0 Å². The lowest BCUT2D eigenvalue weighted by Crippen LogP contribution is -2.31. The molecule has 2 heteroatoms. The maximum Gasteiger partial charge on any atom is 0.141 e. The number of rotatable bonds is 3. The van der Waals surface area contributed by atoms with Crippen LogP contribution in [0, 0.1) is 5.92 Å². The van der Waals surface area contributed by atoms with Crippen LogP contribution in [-0.2, 0) is 16.6 Å². The number of aliphatic imine (C=N–C) groups is 1. The van der Waals surface area contributed by atoms with Crippen molar-refractivity contribution in [3.05, 3.63) is 34.9 Å². The molecule has 0 bridgehead atoms. The predicted molar refractivity (Wildman–Crippen MR) is 106 cm³/mol. The van der Waals surface area contributed by atoms with Crippen molar-refractivity contribution in [1.29, 1.82) is 0 Å². The maximum atomic E-state index is 12.9. The highest BCUT2D eigenvalue weighted by Crippen LogP contribution is 2.33. The van der Waals surface area contributed by atoms with Crippen molar-refractivity contribution in [2.75, 3.05) is 0 Å². The second kappa shape index (κ2) is 6.70. The van der Waals surface area contributed by atoms with Crippen LogP contribution in [0.1, 0.15) is 89.8 Å². The van der Waals surface area contributed by atoms with Crippen LogP contribution in [0.5, 0.6) is 0 Å². The lowest BCUT2D eigenvalue weighted by atomic mass is 9.79. The zero-order valence-electron chi connectivity index (χ0n) is 16.6. The quantitative estimate of drug-likeness (QED) is 0.700. The van der Waals surface area contributed by atoms with Crippen molar-refractivity contribution < 1.29 is 4.79 Å². The standard InChI is InChI=1S/C23H33NO/c1-22(2,3)18-12-11-17-15-23(4,5)24-20(19(17)13-18)14-21(25)16-9-7-6-8-10-16/h11-13,16H,6-10,14-15H2,1-5H3. The van der Waals surface area contributed by atoms with Crippen molar-refractivity contribution in [2.24, 2.45) is 10.9 Å². The Morgan fingerprint density at radius 1 is 1.16 bits per heavy atom. The Balaban J connectivity index is 1.91. The van der Waals surface area contributed by atoms with E-state index in [9.17, 15) is 4.79 Å². The maximum absolute atomic E-state index is 12.9. The number of hydrogen-bond donors (Lipinski definition) is 0. The van der Waals surface area contributed by atoms with E-state index in [4.69, 9.17) is 4.99 Å². The van der Waals surface area contributed by atoms with Gasteiger partial charge in [0.05, 0.1) is 11.3 Å². The fourth-order valence-corrected chi connectivity index (χ4v) is 4.27. The molecule has 2 nitrogen and oxygen atoms in total. The molecule has 3 rings (SSSR count). The Hall–Kier alpha value is -1.44. The summed E-state index contributed by atoms with van der Waals surface area (Å²) in [7, 11) is 0. The second-order valence-corrected chi connectivity index (χ2v) is 9.65. The Labute approximate surface area is 153 Å². The summed E-state index contributed by atoms with van der Waals surface area (Å²) < 4.78 is 0. The largest absolute Gasteiger partial charge is 0.299 e. The van der Waals surface area contributed by atoms with E-state index < -0.39 is 0 Å². The highest BCUT2D eigenvalue weighted by atomic mass is 16.1. The Morgan fingerprint density at radius 3 is 2.48 bits per heavy atom. The topological polar surface area (TPSA) is 29.4 Å². The van der Waals surface area contributed by atoms with Crippen molar-refractivity contribution in [2.45, 2.75) is 90.5 Å². The van der Waals surface area contributed by atoms with Gasteiger partial charge in [0.25, 0.3) is 0 Å². The third kappa shape index (κ3) is 4.22. The van der Waals surface area contributed by atoms with Crippen molar-refractivity contribution in [3.63, 3.8) is 0 Å². The predicted octanol–water partition coefficient (Wildman–Crippen LogP) is 5.65. The summed E-state index contributed by atoms with van der Waals surface area (Å²) in [5.41, 5.74) is 4.91. The molecule has 0 saturated heterocycles. The number of nitrogens with zero attached hydrogens (tertiary/aromatic N) is 1. The van der Waals surface area contributed by atoms with E-state index in [1.807, 2.05) is 0 Å². The molecule has 1 heterocycles. The van der Waals surface area contributed by atoms with E-state index in [1.165, 1.54) is 36.0 Å². The minimum atomic E-state index is -0.113. The van der Waals surface area contributed by atoms with Gasteiger partial charge >= 0.3 is 0 Å². The summed E-state index contributed by atoms with van der Waals surface area (Å²) in [5.74, 6) is 0.666. The summed E-state index contributed by atoms with van der Waals surface area (Å²) in [6.07, 6.45) is 7.31. The third-order valence-corrected chi connectivity index (χ3v) is 5.75. The van der Waals surface area contributed by atoms with Gasteiger partial charge in [-0.3, -0.25) is 9.79 Å². The van der Waals surface area contributed by atoms with E-state index in [1.54, 1.807) is 0 Å². The van der Waals surface area contributed by atoms with Crippen LogP contribution in [0.3, 0.4) is 0 Å². The summed E-state index contributed by atoms with van der Waals surface area (Å²) in [6, 6.07) is 6.80. The van der Waals surface area contributed by atoms with Crippen LogP contribution in [0.4, 0.5) is 0 Å². The number of fused-ring (bicyclic) bond motifs is 1. The van der Waals surface area contributed by atoms with Crippen LogP contribution >= 0.6 is 0 Å². The highest BCUT2D eigenvalue weighted by Gasteiger charge is 2.30. The Bertz CT molecular complexity index is 685. The van der Waals surface area contributed by atoms with Crippen molar-refractivity contribution in [3.8, 4) is 0 Å². The van der Waals surface area contributed by atoms with Crippen LogP contribution < -0.4 is 0 Å². The minimum Gasteiger partial charge on any atom is -0.299 e. The Kier molecular flexibility index (Phi) is 4.92. The van der Waals surface area contributed by atoms with Gasteiger partial charge in [-0.2, -0.15) is 0 Å². The van der Waals surface area contributed by atoms with Gasteiger partial charge < -0.3 is 0 Å². The number of ketones is 1. The summed E-state index contributed by atoms with van der Waals surface area (Å²) in [4.78, 5) is 17.9. The van der Waals surface area contributed by atoms with Crippen LogP contribution in [-0.4, -0.2) is 17.0 Å². The molecule has 0 N–H and O–H groups in total. The monoisotopic (exact) mass is 339 g/mol. The summed E-state index contributed by atoms with van der Waals surface area (Å²) in [5, 5.41) is 0. The van der Waals surface area contributed by atoms with E-state index >= 15 is 0 Å². The van der Waals surface area contributed by atoms with Crippen molar-refractivity contribution in [1.82, 2.24) is 0 Å². The van der Waals surface area contributed by atoms with Gasteiger partial charge in [0, 0.05) is 12.3 Å². The average molecular weight is 340 g/mol. The average Bonchev–Trinajstić information content (AvgIpc) is 2.53. The van der Waals surface area contributed by atoms with E-state index in [0.717, 1.165) is 25.0 Å². The number of carbonyl (C=O) groups excluding carboxylic acids is 1. The fraction of sp³-hybridized carbons (Fsp3) is 0.652. The first-order valence-electron chi connectivity index (χ1n) is 9.91. The van der Waals surface area contributed by atoms with Gasteiger partial charge in [-0.15, -0.1) is 0 Å². The zero-order chi connectivity index (χ0) is 18.2. The molecule has 1 aliphatic heterocycles. The smallest absolute Gasteiger partial charge is 0.141 e. The summed E-state index contributed by atoms with van der Waals surface area (Å²) in [6.45, 7) is 11.1. The molecule has 25 heavy (non-hydrogen) atoms. The molecule has 0 amide bonds. The minimum absolute atomic E-state index is 0.112. The van der Waals surface area contributed by atoms with Gasteiger partial charge in [0.1, 0.15) is 5.78 Å². The molecule has 0 radical (unpaired) electrons. The zero-order valence-corrected chi connectivity index (χ0v) is 16.6. The molecular formula is C23H33NO. The molecule has 0 unspecified atom stereocenters. The molecule has 136 valence electrons. The van der Waals surface area contributed by atoms with Gasteiger partial charge in [-0.05, 0) is 61.3 Å². The molecule has 1 aromatic carbocycles. The first-order valence-corrected chi connectivity index (χ1v) is 9.91. The molecule has 0 aromatic heterocycles. The van der Waals surface area contributed by atoms with E-state index in [-0.39, 0.29) is 16.9 Å². The molecule has 1 fully saturated rings. The van der Waals surface area contributed by atoms with Crippen LogP contribution in [0.15, 0.2) is 23.2 Å². The molecule has 0 spiro atoms. The summed E-state index contributed by atoms with van der Waals surface area (Å²) >= 11 is 0. The molecule has 1 saturated carbocycles. The first kappa shape index (κ1) is 18.4. The van der Waals surface area contributed by atoms with E-state index in [2.05, 4.69) is 52.8 Å². The third-order valence-electron chi connectivity index (χ3n) is 5.75. The molecule has 2 aliphatic rings. The molecule has 0 atom stereocenters. The second-order valence-electron chi connectivity index (χ2n) is 9.65. The van der Waals surface area contributed by atoms with Gasteiger partial charge in [0.2, 0.25) is 0 Å². The van der Waals surface area contributed by atoms with Gasteiger partial charge in [0.15, 0.2) is 0 Å². The Morgan fingerprint density at radius 2 is 1.84 bits per heavy atom. The first-order chi connectivity index (χ1) is 11.7. The lowest BCUT2D eigenvalue weighted by Gasteiger charge is -2.31. The number of carbonyl (C=O) groups is 1.